The average molecular weight is 163 g/mol. The standard InChI is InChI=1S/C9H6FNO/c10-8-3-1-2-6-7(8)4-9(6)11-5-12/h1-3,9H,4H2. The maximum Gasteiger partial charge on any atom is 0.235 e. The molecule has 0 bridgehead atoms. The highest BCUT2D eigenvalue weighted by Gasteiger charge is 2.28. The Labute approximate surface area is 68.7 Å². The second-order valence-electron chi connectivity index (χ2n) is 2.75. The molecule has 0 saturated heterocycles. The maximum atomic E-state index is 12.9. The first-order valence-corrected chi connectivity index (χ1v) is 3.67. The fraction of sp³-hybridized carbons (Fsp3) is 0.222. The molecule has 1 aliphatic carbocycles. The van der Waals surface area contributed by atoms with Gasteiger partial charge in [-0.05, 0) is 17.2 Å². The lowest BCUT2D eigenvalue weighted by molar-refractivity contribution is 0.530. The van der Waals surface area contributed by atoms with E-state index in [1.54, 1.807) is 12.1 Å². The van der Waals surface area contributed by atoms with Crippen LogP contribution in [0.5, 0.6) is 0 Å². The Morgan fingerprint density at radius 2 is 2.42 bits per heavy atom. The van der Waals surface area contributed by atoms with Crippen molar-refractivity contribution in [3.63, 3.8) is 0 Å². The van der Waals surface area contributed by atoms with Gasteiger partial charge in [-0.2, -0.15) is 4.99 Å². The van der Waals surface area contributed by atoms with Crippen LogP contribution in [0.1, 0.15) is 17.2 Å². The van der Waals surface area contributed by atoms with Gasteiger partial charge in [-0.3, -0.25) is 0 Å². The van der Waals surface area contributed by atoms with Gasteiger partial charge in [0.2, 0.25) is 6.08 Å². The predicted molar refractivity (Wildman–Crippen MR) is 41.0 cm³/mol. The van der Waals surface area contributed by atoms with Gasteiger partial charge in [-0.1, -0.05) is 12.1 Å². The number of hydrogen-bond donors (Lipinski definition) is 0. The first-order valence-electron chi connectivity index (χ1n) is 3.67. The van der Waals surface area contributed by atoms with Gasteiger partial charge >= 0.3 is 0 Å². The number of carbonyl (C=O) groups excluding carboxylic acids is 1. The van der Waals surface area contributed by atoms with Crippen molar-refractivity contribution in [3.05, 3.63) is 35.1 Å². The molecule has 0 saturated carbocycles. The van der Waals surface area contributed by atoms with Crippen molar-refractivity contribution in [3.8, 4) is 0 Å². The third-order valence-corrected chi connectivity index (χ3v) is 2.12. The zero-order valence-corrected chi connectivity index (χ0v) is 6.25. The van der Waals surface area contributed by atoms with E-state index >= 15 is 0 Å². The number of nitrogens with zero attached hydrogens (tertiary/aromatic N) is 1. The molecule has 60 valence electrons. The molecule has 3 heteroatoms. The first kappa shape index (κ1) is 7.19. The molecule has 0 heterocycles. The Balaban J connectivity index is 2.42. The molecule has 0 radical (unpaired) electrons. The van der Waals surface area contributed by atoms with E-state index in [1.807, 2.05) is 0 Å². The molecule has 2 rings (SSSR count). The zero-order valence-electron chi connectivity index (χ0n) is 6.25. The molecule has 12 heavy (non-hydrogen) atoms. The molecule has 1 unspecified atom stereocenters. The third-order valence-electron chi connectivity index (χ3n) is 2.12. The van der Waals surface area contributed by atoms with Crippen LogP contribution in [0.25, 0.3) is 0 Å². The number of benzene rings is 1. The summed E-state index contributed by atoms with van der Waals surface area (Å²) in [6.07, 6.45) is 2.01. The molecule has 1 aromatic carbocycles. The van der Waals surface area contributed by atoms with E-state index in [0.717, 1.165) is 5.56 Å². The fourth-order valence-corrected chi connectivity index (χ4v) is 1.45. The van der Waals surface area contributed by atoms with Gasteiger partial charge in [-0.25, -0.2) is 9.18 Å². The Hall–Kier alpha value is -1.47. The van der Waals surface area contributed by atoms with E-state index in [4.69, 9.17) is 0 Å². The molecule has 0 spiro atoms. The van der Waals surface area contributed by atoms with Crippen molar-refractivity contribution >= 4 is 6.08 Å². The van der Waals surface area contributed by atoms with Gasteiger partial charge in [0.1, 0.15) is 5.82 Å². The summed E-state index contributed by atoms with van der Waals surface area (Å²) < 4.78 is 12.9. The average Bonchev–Trinajstić information content (AvgIpc) is 2.04. The molecule has 1 aliphatic rings. The van der Waals surface area contributed by atoms with Crippen molar-refractivity contribution in [2.75, 3.05) is 0 Å². The Morgan fingerprint density at radius 1 is 1.58 bits per heavy atom. The van der Waals surface area contributed by atoms with E-state index in [1.165, 1.54) is 12.1 Å². The second-order valence-corrected chi connectivity index (χ2v) is 2.75. The van der Waals surface area contributed by atoms with Crippen LogP contribution in [-0.2, 0) is 11.2 Å². The SMILES string of the molecule is O=C=NC1Cc2c(F)cccc21. The molecule has 0 N–H and O–H groups in total. The van der Waals surface area contributed by atoms with Gasteiger partial charge in [0, 0.05) is 6.42 Å². The van der Waals surface area contributed by atoms with Gasteiger partial charge in [-0.15, -0.1) is 0 Å². The van der Waals surface area contributed by atoms with Crippen molar-refractivity contribution < 1.29 is 9.18 Å². The van der Waals surface area contributed by atoms with Crippen molar-refractivity contribution in [2.45, 2.75) is 12.5 Å². The molecule has 0 fully saturated rings. The second kappa shape index (κ2) is 2.54. The summed E-state index contributed by atoms with van der Waals surface area (Å²) in [5.41, 5.74) is 1.50. The summed E-state index contributed by atoms with van der Waals surface area (Å²) in [5, 5.41) is 0. The number of isocyanates is 1. The van der Waals surface area contributed by atoms with Crippen LogP contribution in [0, 0.1) is 5.82 Å². The molecule has 1 atom stereocenters. The summed E-state index contributed by atoms with van der Waals surface area (Å²) in [6.45, 7) is 0. The minimum atomic E-state index is -0.204. The maximum absolute atomic E-state index is 12.9. The third kappa shape index (κ3) is 0.874. The summed E-state index contributed by atoms with van der Waals surface area (Å²) in [6, 6.07) is 4.67. The molecule has 1 aromatic rings. The predicted octanol–water partition coefficient (Wildman–Crippen LogP) is 1.76. The number of aliphatic imine (C=N–C) groups is 1. The van der Waals surface area contributed by atoms with Crippen molar-refractivity contribution in [1.29, 1.82) is 0 Å². The monoisotopic (exact) mass is 163 g/mol. The van der Waals surface area contributed by atoms with Gasteiger partial charge in [0.05, 0.1) is 6.04 Å². The fourth-order valence-electron chi connectivity index (χ4n) is 1.45. The Bertz CT molecular complexity index is 369. The molecule has 0 aliphatic heterocycles. The first-order chi connectivity index (χ1) is 5.83. The lowest BCUT2D eigenvalue weighted by Crippen LogP contribution is -2.16. The molecule has 0 amide bonds. The largest absolute Gasteiger partial charge is 0.235 e. The number of rotatable bonds is 1. The van der Waals surface area contributed by atoms with Gasteiger partial charge < -0.3 is 0 Å². The summed E-state index contributed by atoms with van der Waals surface area (Å²) in [4.78, 5) is 13.5. The smallest absolute Gasteiger partial charge is 0.211 e. The van der Waals surface area contributed by atoms with Crippen LogP contribution in [0.15, 0.2) is 23.2 Å². The molecule has 0 aromatic heterocycles. The van der Waals surface area contributed by atoms with E-state index in [9.17, 15) is 9.18 Å². The van der Waals surface area contributed by atoms with E-state index in [-0.39, 0.29) is 11.9 Å². The minimum Gasteiger partial charge on any atom is -0.211 e. The number of hydrogen-bond acceptors (Lipinski definition) is 2. The van der Waals surface area contributed by atoms with Crippen LogP contribution < -0.4 is 0 Å². The summed E-state index contributed by atoms with van der Waals surface area (Å²) >= 11 is 0. The van der Waals surface area contributed by atoms with Crippen LogP contribution in [-0.4, -0.2) is 6.08 Å². The van der Waals surface area contributed by atoms with Gasteiger partial charge in [0.15, 0.2) is 0 Å². The Kier molecular flexibility index (Phi) is 1.52. The van der Waals surface area contributed by atoms with Crippen LogP contribution >= 0.6 is 0 Å². The zero-order chi connectivity index (χ0) is 8.55. The highest BCUT2D eigenvalue weighted by atomic mass is 19.1. The van der Waals surface area contributed by atoms with Crippen molar-refractivity contribution in [2.24, 2.45) is 4.99 Å². The Morgan fingerprint density at radius 3 is 3.17 bits per heavy atom. The van der Waals surface area contributed by atoms with E-state index in [0.29, 0.717) is 12.0 Å². The highest BCUT2D eigenvalue weighted by Crippen LogP contribution is 2.36. The lowest BCUT2D eigenvalue weighted by atomic mass is 9.83. The van der Waals surface area contributed by atoms with Crippen LogP contribution in [0.4, 0.5) is 4.39 Å². The summed E-state index contributed by atoms with van der Waals surface area (Å²) in [7, 11) is 0. The minimum absolute atomic E-state index is 0.159. The quantitative estimate of drug-likeness (QED) is 0.458. The van der Waals surface area contributed by atoms with Crippen LogP contribution in [0.2, 0.25) is 0 Å². The highest BCUT2D eigenvalue weighted by molar-refractivity contribution is 5.44. The van der Waals surface area contributed by atoms with E-state index in [2.05, 4.69) is 4.99 Å². The lowest BCUT2D eigenvalue weighted by Gasteiger charge is -2.25. The number of fused-ring (bicyclic) bond motifs is 1. The van der Waals surface area contributed by atoms with E-state index < -0.39 is 0 Å². The topological polar surface area (TPSA) is 29.4 Å². The van der Waals surface area contributed by atoms with Gasteiger partial charge in [0.25, 0.3) is 0 Å². The van der Waals surface area contributed by atoms with Crippen LogP contribution in [0.3, 0.4) is 0 Å². The molecule has 2 nitrogen and oxygen atoms in total. The normalized spacial score (nSPS) is 18.9. The molecular formula is C9H6FNO. The summed E-state index contributed by atoms with van der Waals surface area (Å²) in [5.74, 6) is -0.204. The molecular weight excluding hydrogens is 157 g/mol. The van der Waals surface area contributed by atoms with Crippen molar-refractivity contribution in [1.82, 2.24) is 0 Å². The number of halogens is 1.